The van der Waals surface area contributed by atoms with Crippen LogP contribution in [0.1, 0.15) is 22.3 Å². The van der Waals surface area contributed by atoms with Crippen molar-refractivity contribution in [3.05, 3.63) is 99.7 Å². The van der Waals surface area contributed by atoms with Crippen molar-refractivity contribution in [3.63, 3.8) is 0 Å². The fourth-order valence-electron chi connectivity index (χ4n) is 5.69. The lowest BCUT2D eigenvalue weighted by atomic mass is 10.1. The van der Waals surface area contributed by atoms with E-state index in [0.29, 0.717) is 18.8 Å². The summed E-state index contributed by atoms with van der Waals surface area (Å²) in [4.78, 5) is 13.9. The summed E-state index contributed by atoms with van der Waals surface area (Å²) in [5.41, 5.74) is 15.6. The fraction of sp³-hybridized carbons (Fsp3) is 0.207. The number of hydrogen-bond acceptors (Lipinski definition) is 2. The second-order valence-corrected chi connectivity index (χ2v) is 9.67. The maximum atomic E-state index is 13.9. The zero-order chi connectivity index (χ0) is 24.4. The molecule has 6 nitrogen and oxygen atoms in total. The van der Waals surface area contributed by atoms with E-state index in [4.69, 9.17) is 5.73 Å². The van der Waals surface area contributed by atoms with Gasteiger partial charge in [0.1, 0.15) is 0 Å². The van der Waals surface area contributed by atoms with E-state index >= 15 is 0 Å². The SMILES string of the molecule is Cc1cccc2c1c(Cn1c(=O)n(Cc3cn(C)c4cccc(C)c34)c3cc(N)ccc31)cn2C. The van der Waals surface area contributed by atoms with Gasteiger partial charge in [-0.25, -0.2) is 4.79 Å². The molecule has 0 aliphatic heterocycles. The standard InChI is InChI=1S/C29H29N5O/c1-18-7-5-9-24-27(18)20(14-31(24)3)16-33-23-12-11-22(30)13-26(23)34(29(33)35)17-21-15-32(4)25-10-6-8-19(2)28(21)25/h5-15H,16-17,30H2,1-4H3. The Bertz CT molecular complexity index is 1830. The lowest BCUT2D eigenvalue weighted by molar-refractivity contribution is 0.702. The number of benzene rings is 3. The summed E-state index contributed by atoms with van der Waals surface area (Å²) >= 11 is 0. The molecule has 6 aromatic rings. The van der Waals surface area contributed by atoms with Gasteiger partial charge in [-0.15, -0.1) is 0 Å². The van der Waals surface area contributed by atoms with Gasteiger partial charge in [-0.2, -0.15) is 0 Å². The average molecular weight is 464 g/mol. The summed E-state index contributed by atoms with van der Waals surface area (Å²) in [5.74, 6) is 0. The van der Waals surface area contributed by atoms with Gasteiger partial charge in [-0.3, -0.25) is 9.13 Å². The molecule has 3 aromatic heterocycles. The third kappa shape index (κ3) is 3.21. The van der Waals surface area contributed by atoms with Crippen LogP contribution in [0.4, 0.5) is 5.69 Å². The third-order valence-corrected chi connectivity index (χ3v) is 7.30. The molecule has 0 unspecified atom stereocenters. The van der Waals surface area contributed by atoms with Crippen LogP contribution in [-0.4, -0.2) is 18.3 Å². The van der Waals surface area contributed by atoms with Crippen molar-refractivity contribution in [2.24, 2.45) is 14.1 Å². The highest BCUT2D eigenvalue weighted by Gasteiger charge is 2.19. The van der Waals surface area contributed by atoms with Crippen LogP contribution in [0.2, 0.25) is 0 Å². The Morgan fingerprint density at radius 1 is 0.686 bits per heavy atom. The summed E-state index contributed by atoms with van der Waals surface area (Å²) in [6.45, 7) is 5.24. The van der Waals surface area contributed by atoms with Gasteiger partial charge in [0.2, 0.25) is 0 Å². The molecule has 3 heterocycles. The number of nitrogens with zero attached hydrogens (tertiary/aromatic N) is 4. The van der Waals surface area contributed by atoms with Crippen LogP contribution in [0.25, 0.3) is 32.8 Å². The van der Waals surface area contributed by atoms with E-state index in [-0.39, 0.29) is 5.69 Å². The van der Waals surface area contributed by atoms with Gasteiger partial charge in [0.15, 0.2) is 0 Å². The first kappa shape index (κ1) is 21.4. The predicted molar refractivity (Wildman–Crippen MR) is 144 cm³/mol. The summed E-state index contributed by atoms with van der Waals surface area (Å²) in [5, 5.41) is 2.42. The third-order valence-electron chi connectivity index (χ3n) is 7.30. The lowest BCUT2D eigenvalue weighted by Gasteiger charge is -2.05. The van der Waals surface area contributed by atoms with Crippen molar-refractivity contribution in [1.82, 2.24) is 18.3 Å². The topological polar surface area (TPSA) is 62.8 Å². The quantitative estimate of drug-likeness (QED) is 0.371. The minimum atomic E-state index is -0.0261. The van der Waals surface area contributed by atoms with Crippen molar-refractivity contribution >= 4 is 38.5 Å². The first-order valence-electron chi connectivity index (χ1n) is 11.9. The first-order valence-corrected chi connectivity index (χ1v) is 11.9. The molecule has 0 radical (unpaired) electrons. The maximum Gasteiger partial charge on any atom is 0.329 e. The van der Waals surface area contributed by atoms with Gasteiger partial charge in [-0.1, -0.05) is 24.3 Å². The van der Waals surface area contributed by atoms with Crippen LogP contribution in [0.15, 0.2) is 71.8 Å². The van der Waals surface area contributed by atoms with Crippen molar-refractivity contribution < 1.29 is 0 Å². The molecule has 0 spiro atoms. The second-order valence-electron chi connectivity index (χ2n) is 9.67. The molecule has 0 aliphatic rings. The van der Waals surface area contributed by atoms with Crippen molar-refractivity contribution in [2.45, 2.75) is 26.9 Å². The normalized spacial score (nSPS) is 11.9. The summed E-state index contributed by atoms with van der Waals surface area (Å²) in [6, 6.07) is 18.4. The molecular formula is C29H29N5O. The van der Waals surface area contributed by atoms with Crippen LogP contribution < -0.4 is 11.4 Å². The number of aryl methyl sites for hydroxylation is 4. The lowest BCUT2D eigenvalue weighted by Crippen LogP contribution is -2.25. The molecule has 0 amide bonds. The summed E-state index contributed by atoms with van der Waals surface area (Å²) in [7, 11) is 4.11. The van der Waals surface area contributed by atoms with Crippen LogP contribution >= 0.6 is 0 Å². The Morgan fingerprint density at radius 2 is 1.20 bits per heavy atom. The highest BCUT2D eigenvalue weighted by atomic mass is 16.1. The van der Waals surface area contributed by atoms with Crippen LogP contribution in [0, 0.1) is 13.8 Å². The summed E-state index contributed by atoms with van der Waals surface area (Å²) < 4.78 is 8.02. The molecule has 0 atom stereocenters. The highest BCUT2D eigenvalue weighted by Crippen LogP contribution is 2.28. The van der Waals surface area contributed by atoms with E-state index in [1.165, 1.54) is 32.9 Å². The average Bonchev–Trinajstić information content (AvgIpc) is 3.41. The van der Waals surface area contributed by atoms with Crippen LogP contribution in [-0.2, 0) is 27.2 Å². The van der Waals surface area contributed by atoms with E-state index in [1.807, 2.05) is 27.3 Å². The molecule has 35 heavy (non-hydrogen) atoms. The van der Waals surface area contributed by atoms with E-state index in [9.17, 15) is 4.79 Å². The fourth-order valence-corrected chi connectivity index (χ4v) is 5.69. The van der Waals surface area contributed by atoms with Gasteiger partial charge >= 0.3 is 5.69 Å². The molecular weight excluding hydrogens is 434 g/mol. The Balaban J connectivity index is 1.55. The largest absolute Gasteiger partial charge is 0.399 e. The summed E-state index contributed by atoms with van der Waals surface area (Å²) in [6.07, 6.45) is 4.27. The first-order chi connectivity index (χ1) is 16.8. The molecule has 3 aromatic carbocycles. The second kappa shape index (κ2) is 7.67. The van der Waals surface area contributed by atoms with Crippen LogP contribution in [0.5, 0.6) is 0 Å². The van der Waals surface area contributed by atoms with Crippen molar-refractivity contribution in [3.8, 4) is 0 Å². The number of anilines is 1. The smallest absolute Gasteiger partial charge is 0.329 e. The number of nitrogens with two attached hydrogens (primary N) is 1. The molecule has 0 bridgehead atoms. The molecule has 2 N–H and O–H groups in total. The van der Waals surface area contributed by atoms with Gasteiger partial charge < -0.3 is 14.9 Å². The number of aromatic nitrogens is 4. The molecule has 0 aliphatic carbocycles. The number of imidazole rings is 1. The van der Waals surface area contributed by atoms with Gasteiger partial charge in [0.25, 0.3) is 0 Å². The minimum absolute atomic E-state index is 0.0261. The van der Waals surface area contributed by atoms with Gasteiger partial charge in [-0.05, 0) is 66.4 Å². The Hall–Kier alpha value is -4.19. The number of rotatable bonds is 4. The Morgan fingerprint density at radius 3 is 1.74 bits per heavy atom. The molecule has 0 fully saturated rings. The highest BCUT2D eigenvalue weighted by molar-refractivity contribution is 5.89. The van der Waals surface area contributed by atoms with Gasteiger partial charge in [0, 0.05) is 54.0 Å². The number of nitrogen functional groups attached to an aromatic ring is 1. The number of fused-ring (bicyclic) bond motifs is 3. The van der Waals surface area contributed by atoms with Crippen molar-refractivity contribution in [1.29, 1.82) is 0 Å². The maximum absolute atomic E-state index is 13.9. The predicted octanol–water partition coefficient (Wildman–Crippen LogP) is 5.08. The van der Waals surface area contributed by atoms with Gasteiger partial charge in [0.05, 0.1) is 24.1 Å². The van der Waals surface area contributed by atoms with Crippen molar-refractivity contribution in [2.75, 3.05) is 5.73 Å². The molecule has 6 rings (SSSR count). The van der Waals surface area contributed by atoms with E-state index in [1.54, 1.807) is 0 Å². The van der Waals surface area contributed by atoms with E-state index < -0.39 is 0 Å². The molecule has 0 saturated heterocycles. The Kier molecular flexibility index (Phi) is 4.68. The molecule has 176 valence electrons. The molecule has 0 saturated carbocycles. The minimum Gasteiger partial charge on any atom is -0.399 e. The van der Waals surface area contributed by atoms with E-state index in [0.717, 1.165) is 22.2 Å². The van der Waals surface area contributed by atoms with Crippen LogP contribution in [0.3, 0.4) is 0 Å². The molecule has 6 heteroatoms. The Labute approximate surface area is 203 Å². The monoisotopic (exact) mass is 463 g/mol. The zero-order valence-electron chi connectivity index (χ0n) is 20.5. The number of hydrogen-bond donors (Lipinski definition) is 1. The zero-order valence-corrected chi connectivity index (χ0v) is 20.5. The van der Waals surface area contributed by atoms with E-state index in [2.05, 4.69) is 85.9 Å².